The molecule has 2 unspecified atom stereocenters. The van der Waals surface area contributed by atoms with Gasteiger partial charge in [0, 0.05) is 6.54 Å². The fraction of sp³-hybridized carbons (Fsp3) is 1.00. The van der Waals surface area contributed by atoms with E-state index in [1.54, 1.807) is 0 Å². The number of β-amino-alcohol motifs (C(OH)–C–C–N with tert-alkyl or cyclic N) is 1. The maximum absolute atomic E-state index is 8.98. The molecule has 3 atom stereocenters. The Kier molecular flexibility index (Phi) is 2.02. The fourth-order valence-electron chi connectivity index (χ4n) is 0.954. The molecule has 0 spiro atoms. The van der Waals surface area contributed by atoms with Crippen LogP contribution in [0.2, 0.25) is 0 Å². The van der Waals surface area contributed by atoms with Crippen molar-refractivity contribution in [2.45, 2.75) is 18.2 Å². The molecule has 0 bridgehead atoms. The Hall–Kier alpha value is -0.160. The number of aliphatic hydroxyl groups is 3. The van der Waals surface area contributed by atoms with E-state index in [0.29, 0.717) is 6.54 Å². The van der Waals surface area contributed by atoms with Crippen LogP contribution >= 0.6 is 0 Å². The van der Waals surface area contributed by atoms with Crippen molar-refractivity contribution >= 4 is 0 Å². The van der Waals surface area contributed by atoms with Crippen molar-refractivity contribution in [1.82, 2.24) is 5.32 Å². The van der Waals surface area contributed by atoms with Crippen molar-refractivity contribution in [2.24, 2.45) is 0 Å². The maximum atomic E-state index is 8.98. The monoisotopic (exact) mass is 133 g/mol. The van der Waals surface area contributed by atoms with Crippen LogP contribution in [0.1, 0.15) is 0 Å². The highest BCUT2D eigenvalue weighted by molar-refractivity contribution is 4.89. The van der Waals surface area contributed by atoms with Crippen molar-refractivity contribution in [2.75, 3.05) is 13.2 Å². The lowest BCUT2D eigenvalue weighted by atomic mass is 10.1. The van der Waals surface area contributed by atoms with Gasteiger partial charge in [-0.15, -0.1) is 0 Å². The SMILES string of the molecule is OCC1NC[C@H](O)C1O. The summed E-state index contributed by atoms with van der Waals surface area (Å²) in [5.74, 6) is 0. The Labute approximate surface area is 53.1 Å². The molecular weight excluding hydrogens is 122 g/mol. The lowest BCUT2D eigenvalue weighted by Gasteiger charge is -2.11. The highest BCUT2D eigenvalue weighted by atomic mass is 16.3. The molecule has 0 aromatic rings. The minimum Gasteiger partial charge on any atom is -0.395 e. The first-order chi connectivity index (χ1) is 4.25. The maximum Gasteiger partial charge on any atom is 0.0986 e. The van der Waals surface area contributed by atoms with Gasteiger partial charge in [0.2, 0.25) is 0 Å². The first-order valence-corrected chi connectivity index (χ1v) is 2.96. The molecule has 1 saturated heterocycles. The molecule has 4 heteroatoms. The van der Waals surface area contributed by atoms with Crippen molar-refractivity contribution < 1.29 is 15.3 Å². The molecule has 0 aromatic carbocycles. The summed E-state index contributed by atoms with van der Waals surface area (Å²) in [6, 6.07) is -0.347. The van der Waals surface area contributed by atoms with Crippen molar-refractivity contribution in [3.8, 4) is 0 Å². The van der Waals surface area contributed by atoms with Crippen LogP contribution in [0, 0.1) is 0 Å². The highest BCUT2D eigenvalue weighted by Gasteiger charge is 2.31. The van der Waals surface area contributed by atoms with E-state index in [4.69, 9.17) is 15.3 Å². The Bertz CT molecular complexity index is 98.2. The first kappa shape index (κ1) is 6.95. The van der Waals surface area contributed by atoms with Gasteiger partial charge in [-0.25, -0.2) is 0 Å². The molecular formula is C5H11NO3. The summed E-state index contributed by atoms with van der Waals surface area (Å²) in [7, 11) is 0. The first-order valence-electron chi connectivity index (χ1n) is 2.96. The molecule has 1 heterocycles. The van der Waals surface area contributed by atoms with Gasteiger partial charge in [0.05, 0.1) is 24.9 Å². The molecule has 0 saturated carbocycles. The average molecular weight is 133 g/mol. The van der Waals surface area contributed by atoms with Crippen LogP contribution in [-0.4, -0.2) is 46.7 Å². The van der Waals surface area contributed by atoms with Gasteiger partial charge in [0.1, 0.15) is 0 Å². The number of nitrogens with one attached hydrogen (secondary N) is 1. The summed E-state index contributed by atoms with van der Waals surface area (Å²) in [6.07, 6.45) is -1.53. The van der Waals surface area contributed by atoms with Crippen molar-refractivity contribution in [3.63, 3.8) is 0 Å². The molecule has 4 nitrogen and oxygen atoms in total. The van der Waals surface area contributed by atoms with E-state index in [9.17, 15) is 0 Å². The number of aliphatic hydroxyl groups excluding tert-OH is 3. The van der Waals surface area contributed by atoms with Gasteiger partial charge >= 0.3 is 0 Å². The molecule has 0 radical (unpaired) electrons. The van der Waals surface area contributed by atoms with Crippen LogP contribution in [0.15, 0.2) is 0 Å². The van der Waals surface area contributed by atoms with Gasteiger partial charge in [-0.3, -0.25) is 0 Å². The zero-order valence-electron chi connectivity index (χ0n) is 4.99. The van der Waals surface area contributed by atoms with Gasteiger partial charge < -0.3 is 20.6 Å². The number of rotatable bonds is 1. The van der Waals surface area contributed by atoms with Crippen LogP contribution in [0.3, 0.4) is 0 Å². The molecule has 0 aliphatic carbocycles. The summed E-state index contributed by atoms with van der Waals surface area (Å²) in [4.78, 5) is 0. The Morgan fingerprint density at radius 3 is 2.33 bits per heavy atom. The van der Waals surface area contributed by atoms with Crippen LogP contribution in [0.5, 0.6) is 0 Å². The average Bonchev–Trinajstić information content (AvgIpc) is 2.15. The lowest BCUT2D eigenvalue weighted by molar-refractivity contribution is 0.0295. The molecule has 1 aliphatic heterocycles. The third kappa shape index (κ3) is 1.21. The van der Waals surface area contributed by atoms with E-state index in [1.165, 1.54) is 0 Å². The quantitative estimate of drug-likeness (QED) is 0.324. The van der Waals surface area contributed by atoms with Crippen LogP contribution < -0.4 is 5.32 Å². The van der Waals surface area contributed by atoms with Crippen LogP contribution in [0.25, 0.3) is 0 Å². The minimum atomic E-state index is -0.810. The second-order valence-electron chi connectivity index (χ2n) is 2.26. The summed E-state index contributed by atoms with van der Waals surface area (Å²) >= 11 is 0. The standard InChI is InChI=1S/C5H11NO3/c7-2-3-5(9)4(8)1-6-3/h3-9H,1-2H2/t3?,4-,5?/m0/s1. The van der Waals surface area contributed by atoms with E-state index in [0.717, 1.165) is 0 Å². The fourth-order valence-corrected chi connectivity index (χ4v) is 0.954. The Morgan fingerprint density at radius 2 is 2.11 bits per heavy atom. The Morgan fingerprint density at radius 1 is 1.44 bits per heavy atom. The van der Waals surface area contributed by atoms with Gasteiger partial charge in [-0.05, 0) is 0 Å². The van der Waals surface area contributed by atoms with E-state index in [-0.39, 0.29) is 12.6 Å². The minimum absolute atomic E-state index is 0.127. The lowest BCUT2D eigenvalue weighted by Crippen LogP contribution is -2.35. The largest absolute Gasteiger partial charge is 0.395 e. The van der Waals surface area contributed by atoms with Gasteiger partial charge in [-0.1, -0.05) is 0 Å². The van der Waals surface area contributed by atoms with Crippen molar-refractivity contribution in [3.05, 3.63) is 0 Å². The molecule has 1 aliphatic rings. The summed E-state index contributed by atoms with van der Waals surface area (Å²) < 4.78 is 0. The van der Waals surface area contributed by atoms with Crippen LogP contribution in [-0.2, 0) is 0 Å². The zero-order valence-corrected chi connectivity index (χ0v) is 4.99. The molecule has 4 N–H and O–H groups in total. The van der Waals surface area contributed by atoms with E-state index >= 15 is 0 Å². The summed E-state index contributed by atoms with van der Waals surface area (Å²) in [6.45, 7) is 0.241. The van der Waals surface area contributed by atoms with E-state index < -0.39 is 12.2 Å². The van der Waals surface area contributed by atoms with Gasteiger partial charge in [0.15, 0.2) is 0 Å². The zero-order chi connectivity index (χ0) is 6.85. The predicted octanol–water partition coefficient (Wildman–Crippen LogP) is -2.33. The molecule has 0 amide bonds. The second-order valence-corrected chi connectivity index (χ2v) is 2.26. The van der Waals surface area contributed by atoms with Gasteiger partial charge in [0.25, 0.3) is 0 Å². The normalized spacial score (nSPS) is 43.7. The molecule has 9 heavy (non-hydrogen) atoms. The molecule has 0 aromatic heterocycles. The predicted molar refractivity (Wildman–Crippen MR) is 30.9 cm³/mol. The third-order valence-electron chi connectivity index (χ3n) is 1.59. The van der Waals surface area contributed by atoms with Crippen molar-refractivity contribution in [1.29, 1.82) is 0 Å². The van der Waals surface area contributed by atoms with E-state index in [1.807, 2.05) is 0 Å². The Balaban J connectivity index is 2.41. The summed E-state index contributed by atoms with van der Waals surface area (Å²) in [5, 5.41) is 29.1. The van der Waals surface area contributed by atoms with Crippen LogP contribution in [0.4, 0.5) is 0 Å². The summed E-state index contributed by atoms with van der Waals surface area (Å²) in [5.41, 5.74) is 0. The second kappa shape index (κ2) is 2.62. The van der Waals surface area contributed by atoms with Gasteiger partial charge in [-0.2, -0.15) is 0 Å². The topological polar surface area (TPSA) is 72.7 Å². The molecule has 54 valence electrons. The molecule has 1 rings (SSSR count). The highest BCUT2D eigenvalue weighted by Crippen LogP contribution is 2.05. The third-order valence-corrected chi connectivity index (χ3v) is 1.59. The number of hydrogen-bond donors (Lipinski definition) is 4. The van der Waals surface area contributed by atoms with E-state index in [2.05, 4.69) is 5.32 Å². The molecule has 1 fully saturated rings. The smallest absolute Gasteiger partial charge is 0.0986 e. The number of hydrogen-bond acceptors (Lipinski definition) is 4.